The monoisotopic (exact) mass is 235 g/mol. The van der Waals surface area contributed by atoms with E-state index in [-0.39, 0.29) is 0 Å². The van der Waals surface area contributed by atoms with Crippen LogP contribution in [0.25, 0.3) is 0 Å². The molecule has 2 bridgehead atoms. The van der Waals surface area contributed by atoms with E-state index in [0.29, 0.717) is 11.4 Å². The molecule has 3 saturated carbocycles. The molecule has 0 spiro atoms. The molecular formula is C14H25N3. The number of hydrogen-bond donors (Lipinski definition) is 2. The van der Waals surface area contributed by atoms with Gasteiger partial charge in [0.25, 0.3) is 0 Å². The molecule has 3 aliphatic rings. The minimum Gasteiger partial charge on any atom is -0.370 e. The summed E-state index contributed by atoms with van der Waals surface area (Å²) in [6.07, 6.45) is 11.2. The number of hydrogen-bond acceptors (Lipinski definition) is 1. The van der Waals surface area contributed by atoms with E-state index in [1.807, 2.05) is 0 Å². The fourth-order valence-electron chi connectivity index (χ4n) is 3.79. The molecule has 3 fully saturated rings. The SMILES string of the molecule is NC(=NCC12CCC(CC1)C2)NCC1CCC1. The lowest BCUT2D eigenvalue weighted by Crippen LogP contribution is -2.38. The van der Waals surface area contributed by atoms with Gasteiger partial charge in [-0.3, -0.25) is 4.99 Å². The van der Waals surface area contributed by atoms with E-state index >= 15 is 0 Å². The molecule has 0 radical (unpaired) electrons. The molecule has 3 aliphatic carbocycles. The lowest BCUT2D eigenvalue weighted by atomic mass is 9.84. The van der Waals surface area contributed by atoms with Gasteiger partial charge in [0.1, 0.15) is 0 Å². The van der Waals surface area contributed by atoms with Crippen LogP contribution in [-0.2, 0) is 0 Å². The summed E-state index contributed by atoms with van der Waals surface area (Å²) in [5.74, 6) is 2.54. The van der Waals surface area contributed by atoms with Crippen molar-refractivity contribution < 1.29 is 0 Å². The molecule has 3 N–H and O–H groups in total. The Morgan fingerprint density at radius 1 is 1.24 bits per heavy atom. The minimum absolute atomic E-state index is 0.535. The van der Waals surface area contributed by atoms with Gasteiger partial charge in [0, 0.05) is 13.1 Å². The number of guanidine groups is 1. The van der Waals surface area contributed by atoms with Gasteiger partial charge in [-0.25, -0.2) is 0 Å². The van der Waals surface area contributed by atoms with E-state index in [0.717, 1.165) is 24.9 Å². The zero-order chi connectivity index (χ0) is 11.7. The fraction of sp³-hybridized carbons (Fsp3) is 0.929. The smallest absolute Gasteiger partial charge is 0.188 e. The molecule has 3 heteroatoms. The van der Waals surface area contributed by atoms with E-state index in [2.05, 4.69) is 10.3 Å². The summed E-state index contributed by atoms with van der Waals surface area (Å²) in [6, 6.07) is 0. The molecule has 3 rings (SSSR count). The predicted octanol–water partition coefficient (Wildman–Crippen LogP) is 2.27. The van der Waals surface area contributed by atoms with E-state index in [1.165, 1.54) is 51.4 Å². The highest BCUT2D eigenvalue weighted by Gasteiger charge is 2.44. The Kier molecular flexibility index (Phi) is 3.01. The van der Waals surface area contributed by atoms with Gasteiger partial charge in [0.2, 0.25) is 0 Å². The predicted molar refractivity (Wildman–Crippen MR) is 70.8 cm³/mol. The average molecular weight is 235 g/mol. The van der Waals surface area contributed by atoms with Gasteiger partial charge >= 0.3 is 0 Å². The number of fused-ring (bicyclic) bond motifs is 2. The van der Waals surface area contributed by atoms with Crippen LogP contribution in [-0.4, -0.2) is 19.0 Å². The first-order valence-corrected chi connectivity index (χ1v) is 7.30. The lowest BCUT2D eigenvalue weighted by molar-refractivity contribution is 0.305. The molecular weight excluding hydrogens is 210 g/mol. The zero-order valence-electron chi connectivity index (χ0n) is 10.8. The van der Waals surface area contributed by atoms with Crippen LogP contribution in [0, 0.1) is 17.3 Å². The van der Waals surface area contributed by atoms with Gasteiger partial charge in [-0.1, -0.05) is 6.42 Å². The number of nitrogens with one attached hydrogen (secondary N) is 1. The Hall–Kier alpha value is -0.730. The Bertz CT molecular complexity index is 299. The van der Waals surface area contributed by atoms with E-state index in [9.17, 15) is 0 Å². The largest absolute Gasteiger partial charge is 0.370 e. The molecule has 0 aromatic rings. The van der Waals surface area contributed by atoms with Gasteiger partial charge in [0.05, 0.1) is 0 Å². The maximum absolute atomic E-state index is 5.94. The Morgan fingerprint density at radius 2 is 2.00 bits per heavy atom. The van der Waals surface area contributed by atoms with Gasteiger partial charge in [0.15, 0.2) is 5.96 Å². The van der Waals surface area contributed by atoms with Crippen LogP contribution in [0.1, 0.15) is 51.4 Å². The van der Waals surface area contributed by atoms with Crippen molar-refractivity contribution in [2.75, 3.05) is 13.1 Å². The highest BCUT2D eigenvalue weighted by molar-refractivity contribution is 5.77. The maximum Gasteiger partial charge on any atom is 0.188 e. The first kappa shape index (κ1) is 11.4. The molecule has 0 aromatic heterocycles. The Labute approximate surface area is 104 Å². The highest BCUT2D eigenvalue weighted by atomic mass is 15.1. The minimum atomic E-state index is 0.535. The number of rotatable bonds is 4. The van der Waals surface area contributed by atoms with Crippen LogP contribution in [0.5, 0.6) is 0 Å². The van der Waals surface area contributed by atoms with Crippen molar-refractivity contribution in [3.05, 3.63) is 0 Å². The standard InChI is InChI=1S/C14H25N3/c15-13(16-9-12-2-1-3-12)17-10-14-6-4-11(8-14)5-7-14/h11-12H,1-10H2,(H3,15,16,17). The quantitative estimate of drug-likeness (QED) is 0.580. The van der Waals surface area contributed by atoms with Crippen LogP contribution in [0.3, 0.4) is 0 Å². The molecule has 0 amide bonds. The molecule has 0 heterocycles. The van der Waals surface area contributed by atoms with Crippen LogP contribution < -0.4 is 11.1 Å². The van der Waals surface area contributed by atoms with Gasteiger partial charge in [-0.15, -0.1) is 0 Å². The molecule has 17 heavy (non-hydrogen) atoms. The van der Waals surface area contributed by atoms with Gasteiger partial charge in [-0.2, -0.15) is 0 Å². The van der Waals surface area contributed by atoms with Crippen LogP contribution in [0.4, 0.5) is 0 Å². The molecule has 96 valence electrons. The first-order chi connectivity index (χ1) is 8.26. The summed E-state index contributed by atoms with van der Waals surface area (Å²) in [6.45, 7) is 2.00. The number of aliphatic imine (C=N–C) groups is 1. The van der Waals surface area contributed by atoms with Crippen molar-refractivity contribution in [3.63, 3.8) is 0 Å². The molecule has 0 unspecified atom stereocenters. The topological polar surface area (TPSA) is 50.4 Å². The van der Waals surface area contributed by atoms with Crippen molar-refractivity contribution in [2.45, 2.75) is 51.4 Å². The summed E-state index contributed by atoms with van der Waals surface area (Å²) in [4.78, 5) is 4.59. The van der Waals surface area contributed by atoms with Gasteiger partial charge < -0.3 is 11.1 Å². The Morgan fingerprint density at radius 3 is 2.53 bits per heavy atom. The normalized spacial score (nSPS) is 37.2. The fourth-order valence-corrected chi connectivity index (χ4v) is 3.79. The maximum atomic E-state index is 5.94. The molecule has 3 nitrogen and oxygen atoms in total. The van der Waals surface area contributed by atoms with Crippen molar-refractivity contribution >= 4 is 5.96 Å². The van der Waals surface area contributed by atoms with Crippen molar-refractivity contribution in [3.8, 4) is 0 Å². The second-order valence-electron chi connectivity index (χ2n) is 6.53. The molecule has 0 aliphatic heterocycles. The third-order valence-corrected chi connectivity index (χ3v) is 5.27. The van der Waals surface area contributed by atoms with Crippen molar-refractivity contribution in [2.24, 2.45) is 28.0 Å². The van der Waals surface area contributed by atoms with E-state index < -0.39 is 0 Å². The second-order valence-corrected chi connectivity index (χ2v) is 6.53. The molecule has 0 aromatic carbocycles. The first-order valence-electron chi connectivity index (χ1n) is 7.30. The second kappa shape index (κ2) is 4.51. The summed E-state index contributed by atoms with van der Waals surface area (Å²) in [7, 11) is 0. The van der Waals surface area contributed by atoms with E-state index in [4.69, 9.17) is 5.73 Å². The summed E-state index contributed by atoms with van der Waals surface area (Å²) >= 11 is 0. The van der Waals surface area contributed by atoms with Crippen LogP contribution >= 0.6 is 0 Å². The summed E-state index contributed by atoms with van der Waals surface area (Å²) in [5, 5.41) is 3.29. The number of nitrogens with two attached hydrogens (primary N) is 1. The van der Waals surface area contributed by atoms with Crippen molar-refractivity contribution in [1.82, 2.24) is 5.32 Å². The number of nitrogens with zero attached hydrogens (tertiary/aromatic N) is 1. The summed E-state index contributed by atoms with van der Waals surface area (Å²) < 4.78 is 0. The molecule has 0 saturated heterocycles. The highest BCUT2D eigenvalue weighted by Crippen LogP contribution is 2.54. The Balaban J connectivity index is 1.44. The van der Waals surface area contributed by atoms with Crippen molar-refractivity contribution in [1.29, 1.82) is 0 Å². The van der Waals surface area contributed by atoms with E-state index in [1.54, 1.807) is 0 Å². The average Bonchev–Trinajstić information content (AvgIpc) is 2.85. The molecule has 0 atom stereocenters. The zero-order valence-corrected chi connectivity index (χ0v) is 10.8. The van der Waals surface area contributed by atoms with Crippen LogP contribution in [0.15, 0.2) is 4.99 Å². The van der Waals surface area contributed by atoms with Gasteiger partial charge in [-0.05, 0) is 62.2 Å². The third-order valence-electron chi connectivity index (χ3n) is 5.27. The lowest BCUT2D eigenvalue weighted by Gasteiger charge is -2.26. The van der Waals surface area contributed by atoms with Crippen LogP contribution in [0.2, 0.25) is 0 Å². The third kappa shape index (κ3) is 2.43. The summed E-state index contributed by atoms with van der Waals surface area (Å²) in [5.41, 5.74) is 6.48.